The van der Waals surface area contributed by atoms with E-state index in [1.807, 2.05) is 11.0 Å². The molecule has 1 fully saturated rings. The molecule has 2 heterocycles. The van der Waals surface area contributed by atoms with E-state index in [2.05, 4.69) is 31.9 Å². The molecule has 0 bridgehead atoms. The van der Waals surface area contributed by atoms with Crippen molar-refractivity contribution in [3.8, 4) is 0 Å². The van der Waals surface area contributed by atoms with E-state index in [0.717, 1.165) is 34.1 Å². The fourth-order valence-electron chi connectivity index (χ4n) is 2.45. The summed E-state index contributed by atoms with van der Waals surface area (Å²) in [6.07, 6.45) is 3.60. The van der Waals surface area contributed by atoms with Crippen molar-refractivity contribution in [2.75, 3.05) is 6.54 Å². The molecule has 1 atom stereocenters. The van der Waals surface area contributed by atoms with Crippen LogP contribution in [0.25, 0.3) is 0 Å². The summed E-state index contributed by atoms with van der Waals surface area (Å²) in [5.41, 5.74) is 0. The van der Waals surface area contributed by atoms with Crippen LogP contribution in [0, 0.1) is 0 Å². The number of thiophene rings is 1. The predicted octanol–water partition coefficient (Wildman–Crippen LogP) is 4.13. The summed E-state index contributed by atoms with van der Waals surface area (Å²) < 4.78 is 1.78. The molecule has 2 rings (SSSR count). The maximum atomic E-state index is 12.6. The molecule has 1 aromatic heterocycles. The van der Waals surface area contributed by atoms with Gasteiger partial charge >= 0.3 is 5.97 Å². The van der Waals surface area contributed by atoms with E-state index >= 15 is 0 Å². The van der Waals surface area contributed by atoms with Gasteiger partial charge in [-0.25, -0.2) is 0 Å². The lowest BCUT2D eigenvalue weighted by Crippen LogP contribution is -2.43. The van der Waals surface area contributed by atoms with Gasteiger partial charge in [0.25, 0.3) is 5.91 Å². The molecule has 1 aliphatic heterocycles. The van der Waals surface area contributed by atoms with Crippen LogP contribution in [0.2, 0.25) is 0 Å². The number of nitrogens with zero attached hydrogens (tertiary/aromatic N) is 1. The lowest BCUT2D eigenvalue weighted by atomic mass is 9.97. The van der Waals surface area contributed by atoms with Gasteiger partial charge in [0.1, 0.15) is 0 Å². The number of hydrogen-bond acceptors (Lipinski definition) is 3. The summed E-state index contributed by atoms with van der Waals surface area (Å²) in [6.45, 7) is 0.719. The fourth-order valence-corrected chi connectivity index (χ4v) is 4.44. The summed E-state index contributed by atoms with van der Waals surface area (Å²) in [5, 5.41) is 8.81. The van der Waals surface area contributed by atoms with Crippen molar-refractivity contribution in [2.24, 2.45) is 0 Å². The predicted molar refractivity (Wildman–Crippen MR) is 85.3 cm³/mol. The maximum absolute atomic E-state index is 12.6. The zero-order valence-corrected chi connectivity index (χ0v) is 14.8. The van der Waals surface area contributed by atoms with Gasteiger partial charge in [0, 0.05) is 23.5 Å². The third kappa shape index (κ3) is 3.83. The number of piperidine rings is 1. The summed E-state index contributed by atoms with van der Waals surface area (Å²) in [4.78, 5) is 25.8. The van der Waals surface area contributed by atoms with E-state index in [-0.39, 0.29) is 18.4 Å². The topological polar surface area (TPSA) is 57.6 Å². The Kier molecular flexibility index (Phi) is 5.63. The molecular formula is C13H15Br2NO3S. The van der Waals surface area contributed by atoms with Gasteiger partial charge in [-0.1, -0.05) is 0 Å². The fraction of sp³-hybridized carbons (Fsp3) is 0.538. The second kappa shape index (κ2) is 7.04. The van der Waals surface area contributed by atoms with Crippen LogP contribution in [-0.2, 0) is 4.79 Å². The molecule has 1 amide bonds. The summed E-state index contributed by atoms with van der Waals surface area (Å²) in [5.74, 6) is -0.791. The number of aliphatic carboxylic acids is 1. The van der Waals surface area contributed by atoms with Crippen molar-refractivity contribution >= 4 is 55.1 Å². The molecule has 1 aliphatic rings. The number of carboxylic acid groups (broad SMARTS) is 1. The second-order valence-electron chi connectivity index (χ2n) is 4.81. The molecule has 0 aromatic carbocycles. The Morgan fingerprint density at radius 2 is 2.15 bits per heavy atom. The lowest BCUT2D eigenvalue weighted by Gasteiger charge is -2.35. The normalized spacial score (nSPS) is 19.1. The zero-order chi connectivity index (χ0) is 14.7. The molecule has 1 unspecified atom stereocenters. The first-order chi connectivity index (χ1) is 9.49. The highest BCUT2D eigenvalue weighted by Crippen LogP contribution is 2.34. The highest BCUT2D eigenvalue weighted by atomic mass is 79.9. The average Bonchev–Trinajstić information content (AvgIpc) is 2.76. The SMILES string of the molecule is O=C(O)CCC1CCCCN1C(=O)c1cc(Br)c(Br)s1. The number of carbonyl (C=O) groups excluding carboxylic acids is 1. The van der Waals surface area contributed by atoms with E-state index in [1.54, 1.807) is 0 Å². The summed E-state index contributed by atoms with van der Waals surface area (Å²) >= 11 is 8.19. The monoisotopic (exact) mass is 423 g/mol. The molecule has 1 saturated heterocycles. The Morgan fingerprint density at radius 3 is 2.75 bits per heavy atom. The average molecular weight is 425 g/mol. The highest BCUT2D eigenvalue weighted by Gasteiger charge is 2.28. The first kappa shape index (κ1) is 16.0. The lowest BCUT2D eigenvalue weighted by molar-refractivity contribution is -0.137. The van der Waals surface area contributed by atoms with Crippen LogP contribution in [0.15, 0.2) is 14.3 Å². The van der Waals surface area contributed by atoms with Gasteiger partial charge in [0.05, 0.1) is 8.66 Å². The van der Waals surface area contributed by atoms with Crippen molar-refractivity contribution in [2.45, 2.75) is 38.1 Å². The van der Waals surface area contributed by atoms with E-state index in [4.69, 9.17) is 5.11 Å². The number of amides is 1. The standard InChI is InChI=1S/C13H15Br2NO3S/c14-9-7-10(20-12(9)15)13(19)16-6-2-1-3-8(16)4-5-11(17)18/h7-8H,1-6H2,(H,17,18). The molecule has 110 valence electrons. The number of hydrogen-bond donors (Lipinski definition) is 1. The summed E-state index contributed by atoms with van der Waals surface area (Å²) in [7, 11) is 0. The van der Waals surface area contributed by atoms with E-state index in [0.29, 0.717) is 11.3 Å². The molecule has 1 N–H and O–H groups in total. The van der Waals surface area contributed by atoms with Gasteiger partial charge in [0.2, 0.25) is 0 Å². The van der Waals surface area contributed by atoms with E-state index in [1.165, 1.54) is 11.3 Å². The van der Waals surface area contributed by atoms with Crippen molar-refractivity contribution in [3.05, 3.63) is 19.2 Å². The largest absolute Gasteiger partial charge is 0.481 e. The molecule has 4 nitrogen and oxygen atoms in total. The van der Waals surface area contributed by atoms with Crippen LogP contribution in [0.1, 0.15) is 41.8 Å². The Labute approximate surface area is 138 Å². The third-order valence-electron chi connectivity index (χ3n) is 3.44. The molecule has 0 saturated carbocycles. The molecule has 0 spiro atoms. The van der Waals surface area contributed by atoms with Gasteiger partial charge in [-0.3, -0.25) is 9.59 Å². The quantitative estimate of drug-likeness (QED) is 0.790. The maximum Gasteiger partial charge on any atom is 0.303 e. The summed E-state index contributed by atoms with van der Waals surface area (Å²) in [6, 6.07) is 1.87. The van der Waals surface area contributed by atoms with Crippen LogP contribution >= 0.6 is 43.2 Å². The molecular weight excluding hydrogens is 410 g/mol. The minimum absolute atomic E-state index is 0.0106. The smallest absolute Gasteiger partial charge is 0.303 e. The molecule has 0 aliphatic carbocycles. The van der Waals surface area contributed by atoms with Gasteiger partial charge in [-0.2, -0.15) is 0 Å². The number of likely N-dealkylation sites (tertiary alicyclic amines) is 1. The van der Waals surface area contributed by atoms with Crippen LogP contribution < -0.4 is 0 Å². The van der Waals surface area contributed by atoms with Gasteiger partial charge in [-0.05, 0) is 63.6 Å². The Bertz CT molecular complexity index is 498. The van der Waals surface area contributed by atoms with Crippen molar-refractivity contribution in [3.63, 3.8) is 0 Å². The van der Waals surface area contributed by atoms with E-state index in [9.17, 15) is 9.59 Å². The first-order valence-electron chi connectivity index (χ1n) is 6.46. The van der Waals surface area contributed by atoms with E-state index < -0.39 is 5.97 Å². The third-order valence-corrected chi connectivity index (χ3v) is 6.68. The zero-order valence-electron chi connectivity index (χ0n) is 10.8. The van der Waals surface area contributed by atoms with Gasteiger partial charge in [0.15, 0.2) is 0 Å². The first-order valence-corrected chi connectivity index (χ1v) is 8.87. The Hall–Kier alpha value is -0.400. The van der Waals surface area contributed by atoms with Crippen molar-refractivity contribution in [1.82, 2.24) is 4.90 Å². The number of carbonyl (C=O) groups is 2. The minimum Gasteiger partial charge on any atom is -0.481 e. The second-order valence-corrected chi connectivity index (χ2v) is 8.04. The van der Waals surface area contributed by atoms with Gasteiger partial charge < -0.3 is 10.0 Å². The van der Waals surface area contributed by atoms with Crippen LogP contribution in [0.5, 0.6) is 0 Å². The van der Waals surface area contributed by atoms with Crippen LogP contribution in [0.3, 0.4) is 0 Å². The number of halogens is 2. The highest BCUT2D eigenvalue weighted by molar-refractivity contribution is 9.13. The van der Waals surface area contributed by atoms with Crippen molar-refractivity contribution in [1.29, 1.82) is 0 Å². The molecule has 0 radical (unpaired) electrons. The molecule has 1 aromatic rings. The molecule has 20 heavy (non-hydrogen) atoms. The van der Waals surface area contributed by atoms with Crippen LogP contribution in [-0.4, -0.2) is 34.5 Å². The number of rotatable bonds is 4. The van der Waals surface area contributed by atoms with Crippen LogP contribution in [0.4, 0.5) is 0 Å². The minimum atomic E-state index is -0.801. The Morgan fingerprint density at radius 1 is 1.40 bits per heavy atom. The van der Waals surface area contributed by atoms with Crippen molar-refractivity contribution < 1.29 is 14.7 Å². The molecule has 7 heteroatoms. The number of carboxylic acids is 1. The Balaban J connectivity index is 2.10. The van der Waals surface area contributed by atoms with Gasteiger partial charge in [-0.15, -0.1) is 11.3 Å².